The minimum absolute atomic E-state index is 0.830. The number of aromatic nitrogens is 6. The summed E-state index contributed by atoms with van der Waals surface area (Å²) in [4.78, 5) is 16.1. The Bertz CT molecular complexity index is 3850. The van der Waals surface area contributed by atoms with Crippen LogP contribution in [-0.2, 0) is 0 Å². The predicted octanol–water partition coefficient (Wildman–Crippen LogP) is 14.7. The van der Waals surface area contributed by atoms with Crippen molar-refractivity contribution in [3.05, 3.63) is 170 Å². The third-order valence-electron chi connectivity index (χ3n) is 12.2. The summed E-state index contributed by atoms with van der Waals surface area (Å²) in [5, 5.41) is 9.31. The molecule has 284 valence electrons. The van der Waals surface area contributed by atoms with E-state index in [9.17, 15) is 0 Å². The highest BCUT2D eigenvalue weighted by Crippen LogP contribution is 2.50. The van der Waals surface area contributed by atoms with Gasteiger partial charge in [0, 0.05) is 64.6 Å². The van der Waals surface area contributed by atoms with Gasteiger partial charge in [0.05, 0.1) is 33.8 Å². The van der Waals surface area contributed by atoms with E-state index in [4.69, 9.17) is 18.7 Å². The Morgan fingerprint density at radius 1 is 0.328 bits per heavy atom. The van der Waals surface area contributed by atoms with Crippen LogP contribution in [0.4, 0.5) is 0 Å². The minimum Gasteiger partial charge on any atom is -0.301 e. The molecule has 8 aromatic carbocycles. The van der Waals surface area contributed by atoms with Gasteiger partial charge in [-0.2, -0.15) is 8.75 Å². The van der Waals surface area contributed by atoms with Gasteiger partial charge in [0.2, 0.25) is 0 Å². The van der Waals surface area contributed by atoms with Crippen molar-refractivity contribution < 1.29 is 0 Å². The molecule has 0 saturated heterocycles. The van der Waals surface area contributed by atoms with Gasteiger partial charge in [-0.25, -0.2) is 9.97 Å². The summed E-state index contributed by atoms with van der Waals surface area (Å²) in [6, 6.07) is 60.5. The number of fused-ring (bicyclic) bond motifs is 14. The van der Waals surface area contributed by atoms with Gasteiger partial charge in [-0.3, -0.25) is 0 Å². The predicted molar refractivity (Wildman–Crippen MR) is 258 cm³/mol. The summed E-state index contributed by atoms with van der Waals surface area (Å²) in [5.74, 6) is 0. The van der Waals surface area contributed by atoms with Gasteiger partial charge >= 0.3 is 0 Å². The molecule has 0 amide bonds. The van der Waals surface area contributed by atoms with Crippen molar-refractivity contribution in [2.45, 2.75) is 0 Å². The Labute approximate surface area is 359 Å². The molecule has 6 nitrogen and oxygen atoms in total. The first kappa shape index (κ1) is 33.5. The zero-order chi connectivity index (χ0) is 39.8. The minimum atomic E-state index is 0.830. The van der Waals surface area contributed by atoms with Crippen LogP contribution in [0.5, 0.6) is 0 Å². The second kappa shape index (κ2) is 12.6. The number of rotatable bonds is 4. The molecule has 0 N–H and O–H groups in total. The van der Waals surface area contributed by atoms with Crippen molar-refractivity contribution in [1.82, 2.24) is 27.8 Å². The monoisotopic (exact) mass is 832 g/mol. The van der Waals surface area contributed by atoms with Gasteiger partial charge in [0.1, 0.15) is 31.7 Å². The molecule has 0 aliphatic heterocycles. The standard InChI is InChI=1S/C52H28N6S3/c1-3-15-29(16-4-1)57-39-25-13-11-21-33(39)37-27-41(59-51(37)57)43-47-48(54-46-36-24-10-8-20-32(36)31-19-7-9-23-35(31)45(46)53-47)44(50-49(43)55-61-56-50)42-28-38-34-22-12-14-26-40(34)58(52(38)60-42)30-17-5-2-6-18-30/h1-28H. The number of benzene rings is 8. The van der Waals surface area contributed by atoms with Crippen molar-refractivity contribution in [3.8, 4) is 32.3 Å². The molecule has 0 atom stereocenters. The Kier molecular flexibility index (Phi) is 6.93. The summed E-state index contributed by atoms with van der Waals surface area (Å²) < 4.78 is 15.0. The van der Waals surface area contributed by atoms with Crippen molar-refractivity contribution >= 4 is 131 Å². The molecule has 0 spiro atoms. The first-order valence-corrected chi connectivity index (χ1v) is 22.5. The molecule has 0 bridgehead atoms. The number of hydrogen-bond donors (Lipinski definition) is 0. The molecule has 6 aromatic heterocycles. The van der Waals surface area contributed by atoms with E-state index in [2.05, 4.69) is 179 Å². The molecule has 0 aliphatic rings. The second-order valence-electron chi connectivity index (χ2n) is 15.5. The molecule has 0 radical (unpaired) electrons. The highest BCUT2D eigenvalue weighted by Gasteiger charge is 2.28. The molecule has 0 aliphatic carbocycles. The van der Waals surface area contributed by atoms with E-state index in [0.717, 1.165) is 86.9 Å². The van der Waals surface area contributed by atoms with Crippen LogP contribution in [0.1, 0.15) is 0 Å². The Morgan fingerprint density at radius 2 is 0.705 bits per heavy atom. The highest BCUT2D eigenvalue weighted by atomic mass is 32.1. The molecule has 6 heterocycles. The zero-order valence-electron chi connectivity index (χ0n) is 32.1. The number of nitrogens with zero attached hydrogens (tertiary/aromatic N) is 6. The number of thiophene rings is 2. The van der Waals surface area contributed by atoms with Gasteiger partial charge in [-0.15, -0.1) is 22.7 Å². The van der Waals surface area contributed by atoms with Crippen LogP contribution in [0.3, 0.4) is 0 Å². The van der Waals surface area contributed by atoms with Crippen LogP contribution in [0, 0.1) is 0 Å². The lowest BCUT2D eigenvalue weighted by molar-refractivity contribution is 1.19. The molecular weight excluding hydrogens is 805 g/mol. The maximum Gasteiger partial charge on any atom is 0.116 e. The lowest BCUT2D eigenvalue weighted by atomic mass is 9.97. The van der Waals surface area contributed by atoms with Gasteiger partial charge in [-0.05, 0) is 59.3 Å². The number of hydrogen-bond acceptors (Lipinski definition) is 7. The molecule has 61 heavy (non-hydrogen) atoms. The Hall–Kier alpha value is -7.30. The number of para-hydroxylation sites is 4. The third kappa shape index (κ3) is 4.65. The van der Waals surface area contributed by atoms with E-state index in [-0.39, 0.29) is 0 Å². The van der Waals surface area contributed by atoms with Crippen LogP contribution in [0.2, 0.25) is 0 Å². The molecular formula is C52H28N6S3. The van der Waals surface area contributed by atoms with Gasteiger partial charge in [-0.1, -0.05) is 121 Å². The van der Waals surface area contributed by atoms with Crippen molar-refractivity contribution in [2.24, 2.45) is 0 Å². The first-order chi connectivity index (χ1) is 30.3. The van der Waals surface area contributed by atoms with Crippen molar-refractivity contribution in [2.75, 3.05) is 0 Å². The molecule has 14 aromatic rings. The van der Waals surface area contributed by atoms with Gasteiger partial charge < -0.3 is 9.13 Å². The van der Waals surface area contributed by atoms with Crippen molar-refractivity contribution in [3.63, 3.8) is 0 Å². The largest absolute Gasteiger partial charge is 0.301 e. The summed E-state index contributed by atoms with van der Waals surface area (Å²) in [7, 11) is 0. The van der Waals surface area contributed by atoms with E-state index >= 15 is 0 Å². The SMILES string of the molecule is c1ccc(-n2c3ccccc3c3cc(-c4c5nsnc5c(-c5cc6c7ccccc7n(-c7ccccc7)c6s5)c5nc6c7ccccc7c7ccccc7c6nc45)sc32)cc1. The van der Waals surface area contributed by atoms with Crippen LogP contribution < -0.4 is 0 Å². The van der Waals surface area contributed by atoms with E-state index in [1.165, 1.54) is 54.0 Å². The summed E-state index contributed by atoms with van der Waals surface area (Å²) >= 11 is 4.82. The third-order valence-corrected chi connectivity index (χ3v) is 15.0. The smallest absolute Gasteiger partial charge is 0.116 e. The average Bonchev–Trinajstić information content (AvgIpc) is 4.16. The van der Waals surface area contributed by atoms with Crippen LogP contribution in [0.25, 0.3) is 129 Å². The Balaban J connectivity index is 1.14. The first-order valence-electron chi connectivity index (χ1n) is 20.2. The van der Waals surface area contributed by atoms with Crippen LogP contribution >= 0.6 is 34.4 Å². The summed E-state index contributed by atoms with van der Waals surface area (Å²) in [6.45, 7) is 0. The lowest BCUT2D eigenvalue weighted by Crippen LogP contribution is -1.96. The maximum absolute atomic E-state index is 5.78. The lowest BCUT2D eigenvalue weighted by Gasteiger charge is -2.14. The zero-order valence-corrected chi connectivity index (χ0v) is 34.5. The average molecular weight is 833 g/mol. The van der Waals surface area contributed by atoms with E-state index in [0.29, 0.717) is 0 Å². The highest BCUT2D eigenvalue weighted by molar-refractivity contribution is 7.23. The van der Waals surface area contributed by atoms with E-state index in [1.807, 2.05) is 0 Å². The van der Waals surface area contributed by atoms with Crippen LogP contribution in [-0.4, -0.2) is 27.8 Å². The van der Waals surface area contributed by atoms with Crippen molar-refractivity contribution in [1.29, 1.82) is 0 Å². The molecule has 14 rings (SSSR count). The fourth-order valence-corrected chi connectivity index (χ4v) is 12.7. The summed E-state index contributed by atoms with van der Waals surface area (Å²) in [6.07, 6.45) is 0. The fraction of sp³-hybridized carbons (Fsp3) is 0. The molecule has 0 saturated carbocycles. The molecule has 9 heteroatoms. The second-order valence-corrected chi connectivity index (χ2v) is 18.0. The Morgan fingerprint density at radius 3 is 1.15 bits per heavy atom. The fourth-order valence-electron chi connectivity index (χ4n) is 9.62. The van der Waals surface area contributed by atoms with Gasteiger partial charge in [0.15, 0.2) is 0 Å². The molecule has 0 unspecified atom stereocenters. The van der Waals surface area contributed by atoms with E-state index in [1.54, 1.807) is 22.7 Å². The maximum atomic E-state index is 5.78. The van der Waals surface area contributed by atoms with Crippen LogP contribution in [0.15, 0.2) is 170 Å². The molecule has 0 fully saturated rings. The van der Waals surface area contributed by atoms with Gasteiger partial charge in [0.25, 0.3) is 0 Å². The quantitative estimate of drug-likeness (QED) is 0.131. The summed E-state index contributed by atoms with van der Waals surface area (Å²) in [5.41, 5.74) is 11.7. The normalized spacial score (nSPS) is 12.3. The van der Waals surface area contributed by atoms with E-state index < -0.39 is 0 Å². The topological polar surface area (TPSA) is 61.4 Å².